The summed E-state index contributed by atoms with van der Waals surface area (Å²) >= 11 is 0. The number of hydrogen-bond acceptors (Lipinski definition) is 5. The molecule has 2 aromatic carbocycles. The number of nitrogens with one attached hydrogen (secondary N) is 2. The first-order valence-corrected chi connectivity index (χ1v) is 8.99. The van der Waals surface area contributed by atoms with Crippen LogP contribution in [0.3, 0.4) is 0 Å². The van der Waals surface area contributed by atoms with Gasteiger partial charge in [-0.2, -0.15) is 0 Å². The molecular weight excluding hydrogens is 413 g/mol. The van der Waals surface area contributed by atoms with Crippen molar-refractivity contribution in [3.05, 3.63) is 53.6 Å². The minimum absolute atomic E-state index is 0. The van der Waals surface area contributed by atoms with Crippen molar-refractivity contribution in [2.45, 2.75) is 13.5 Å². The molecular formula is C21H31Cl2N3O3. The Hall–Kier alpha value is -1.99. The Kier molecular flexibility index (Phi) is 13.1. The van der Waals surface area contributed by atoms with Crippen LogP contribution in [0.4, 0.5) is 5.69 Å². The van der Waals surface area contributed by atoms with Crippen LogP contribution in [0, 0.1) is 6.92 Å². The Morgan fingerprint density at radius 1 is 1.03 bits per heavy atom. The van der Waals surface area contributed by atoms with E-state index in [4.69, 9.17) is 9.47 Å². The van der Waals surface area contributed by atoms with Crippen molar-refractivity contribution < 1.29 is 14.3 Å². The summed E-state index contributed by atoms with van der Waals surface area (Å²) in [7, 11) is 5.69. The van der Waals surface area contributed by atoms with Crippen LogP contribution in [0.5, 0.6) is 11.5 Å². The van der Waals surface area contributed by atoms with Crippen LogP contribution in [-0.4, -0.2) is 51.7 Å². The van der Waals surface area contributed by atoms with Gasteiger partial charge in [0.15, 0.2) is 18.1 Å². The highest BCUT2D eigenvalue weighted by molar-refractivity contribution is 5.91. The lowest BCUT2D eigenvalue weighted by Crippen LogP contribution is -2.26. The van der Waals surface area contributed by atoms with Crippen molar-refractivity contribution in [1.82, 2.24) is 10.2 Å². The normalized spacial score (nSPS) is 9.97. The van der Waals surface area contributed by atoms with Crippen LogP contribution in [0.15, 0.2) is 42.5 Å². The lowest BCUT2D eigenvalue weighted by Gasteiger charge is -2.13. The Morgan fingerprint density at radius 2 is 1.72 bits per heavy atom. The molecule has 2 rings (SSSR count). The zero-order valence-corrected chi connectivity index (χ0v) is 19.0. The van der Waals surface area contributed by atoms with E-state index in [2.05, 4.69) is 15.5 Å². The van der Waals surface area contributed by atoms with Crippen LogP contribution in [0.1, 0.15) is 11.1 Å². The fourth-order valence-corrected chi connectivity index (χ4v) is 2.45. The fourth-order valence-electron chi connectivity index (χ4n) is 2.45. The van der Waals surface area contributed by atoms with Gasteiger partial charge in [-0.15, -0.1) is 24.8 Å². The Labute approximate surface area is 185 Å². The van der Waals surface area contributed by atoms with Crippen molar-refractivity contribution in [2.75, 3.05) is 46.2 Å². The number of ether oxygens (including phenoxy) is 2. The largest absolute Gasteiger partial charge is 0.493 e. The molecule has 0 bridgehead atoms. The van der Waals surface area contributed by atoms with Gasteiger partial charge in [0.2, 0.25) is 0 Å². The second-order valence-electron chi connectivity index (χ2n) is 6.67. The molecule has 0 radical (unpaired) electrons. The van der Waals surface area contributed by atoms with E-state index >= 15 is 0 Å². The quantitative estimate of drug-likeness (QED) is 0.550. The molecule has 0 spiro atoms. The molecule has 0 heterocycles. The molecule has 0 atom stereocenters. The second-order valence-corrected chi connectivity index (χ2v) is 6.67. The zero-order chi connectivity index (χ0) is 19.6. The summed E-state index contributed by atoms with van der Waals surface area (Å²) in [5.74, 6) is 0.953. The topological polar surface area (TPSA) is 62.8 Å². The van der Waals surface area contributed by atoms with Gasteiger partial charge in [0.25, 0.3) is 5.91 Å². The number of anilines is 1. The average molecular weight is 444 g/mol. The number of likely N-dealkylation sites (N-methyl/N-ethyl adjacent to an activating group) is 1. The van der Waals surface area contributed by atoms with Crippen LogP contribution in [0.25, 0.3) is 0 Å². The molecule has 0 saturated carbocycles. The Morgan fingerprint density at radius 3 is 2.34 bits per heavy atom. The van der Waals surface area contributed by atoms with E-state index < -0.39 is 0 Å². The van der Waals surface area contributed by atoms with Gasteiger partial charge in [-0.25, -0.2) is 0 Å². The van der Waals surface area contributed by atoms with Crippen LogP contribution < -0.4 is 20.1 Å². The summed E-state index contributed by atoms with van der Waals surface area (Å²) < 4.78 is 11.0. The van der Waals surface area contributed by atoms with Gasteiger partial charge >= 0.3 is 0 Å². The molecule has 0 fully saturated rings. The molecule has 0 aliphatic carbocycles. The number of methoxy groups -OCH3 is 1. The summed E-state index contributed by atoms with van der Waals surface area (Å²) in [6.45, 7) is 4.56. The summed E-state index contributed by atoms with van der Waals surface area (Å²) in [6, 6.07) is 13.4. The van der Waals surface area contributed by atoms with E-state index in [1.54, 1.807) is 7.11 Å². The molecule has 0 aliphatic rings. The number of carbonyl (C=O) groups excluding carboxylic acids is 1. The molecule has 0 aromatic heterocycles. The summed E-state index contributed by atoms with van der Waals surface area (Å²) in [4.78, 5) is 14.2. The fraction of sp³-hybridized carbons (Fsp3) is 0.381. The van der Waals surface area contributed by atoms with E-state index in [0.29, 0.717) is 11.5 Å². The molecule has 8 heteroatoms. The van der Waals surface area contributed by atoms with Gasteiger partial charge in [0, 0.05) is 25.3 Å². The van der Waals surface area contributed by atoms with E-state index in [9.17, 15) is 4.79 Å². The average Bonchev–Trinajstić information content (AvgIpc) is 2.65. The molecule has 0 saturated heterocycles. The number of benzene rings is 2. The molecule has 1 amide bonds. The van der Waals surface area contributed by atoms with Crippen LogP contribution in [-0.2, 0) is 11.3 Å². The minimum atomic E-state index is -0.213. The standard InChI is InChI=1S/C21H29N3O3.2ClH/c1-16-5-8-18(9-6-16)23-21(25)15-27-19-10-7-17(13-20(19)26-4)14-22-11-12-24(2)3;;/h5-10,13,22H,11-12,14-15H2,1-4H3,(H,23,25);2*1H. The highest BCUT2D eigenvalue weighted by Crippen LogP contribution is 2.28. The summed E-state index contributed by atoms with van der Waals surface area (Å²) in [5, 5.41) is 6.20. The van der Waals surface area contributed by atoms with Crippen molar-refractivity contribution >= 4 is 36.4 Å². The third-order valence-corrected chi connectivity index (χ3v) is 3.99. The molecule has 2 N–H and O–H groups in total. The predicted molar refractivity (Wildman–Crippen MR) is 123 cm³/mol. The second kappa shape index (κ2) is 14.1. The highest BCUT2D eigenvalue weighted by Gasteiger charge is 2.09. The Balaban J connectivity index is 0.00000392. The van der Waals surface area contributed by atoms with Crippen molar-refractivity contribution in [3.8, 4) is 11.5 Å². The van der Waals surface area contributed by atoms with E-state index in [-0.39, 0.29) is 37.3 Å². The molecule has 29 heavy (non-hydrogen) atoms. The summed E-state index contributed by atoms with van der Waals surface area (Å²) in [6.07, 6.45) is 0. The van der Waals surface area contributed by atoms with E-state index in [1.807, 2.05) is 63.5 Å². The van der Waals surface area contributed by atoms with Crippen LogP contribution >= 0.6 is 24.8 Å². The van der Waals surface area contributed by atoms with Gasteiger partial charge in [0.05, 0.1) is 7.11 Å². The number of hydrogen-bond donors (Lipinski definition) is 2. The van der Waals surface area contributed by atoms with Gasteiger partial charge in [-0.05, 0) is 50.8 Å². The van der Waals surface area contributed by atoms with Crippen molar-refractivity contribution in [3.63, 3.8) is 0 Å². The maximum absolute atomic E-state index is 12.1. The first-order chi connectivity index (χ1) is 13.0. The molecule has 6 nitrogen and oxygen atoms in total. The molecule has 162 valence electrons. The molecule has 2 aromatic rings. The van der Waals surface area contributed by atoms with Gasteiger partial charge in [0.1, 0.15) is 0 Å². The predicted octanol–water partition coefficient (Wildman–Crippen LogP) is 3.52. The van der Waals surface area contributed by atoms with Crippen molar-refractivity contribution in [1.29, 1.82) is 0 Å². The zero-order valence-electron chi connectivity index (χ0n) is 17.4. The number of carbonyl (C=O) groups is 1. The smallest absolute Gasteiger partial charge is 0.262 e. The number of amides is 1. The van der Waals surface area contributed by atoms with Gasteiger partial charge in [-0.3, -0.25) is 4.79 Å². The number of nitrogens with zero attached hydrogens (tertiary/aromatic N) is 1. The number of rotatable bonds is 10. The third-order valence-electron chi connectivity index (χ3n) is 3.99. The van der Waals surface area contributed by atoms with Gasteiger partial charge in [-0.1, -0.05) is 23.8 Å². The number of halogens is 2. The first-order valence-electron chi connectivity index (χ1n) is 8.99. The molecule has 0 aliphatic heterocycles. The maximum Gasteiger partial charge on any atom is 0.262 e. The van der Waals surface area contributed by atoms with Crippen molar-refractivity contribution in [2.24, 2.45) is 0 Å². The SMILES string of the molecule is COc1cc(CNCCN(C)C)ccc1OCC(=O)Nc1ccc(C)cc1.Cl.Cl. The highest BCUT2D eigenvalue weighted by atomic mass is 35.5. The summed E-state index contributed by atoms with van der Waals surface area (Å²) in [5.41, 5.74) is 2.99. The third kappa shape index (κ3) is 9.85. The lowest BCUT2D eigenvalue weighted by atomic mass is 10.2. The maximum atomic E-state index is 12.1. The van der Waals surface area contributed by atoms with E-state index in [0.717, 1.165) is 36.4 Å². The van der Waals surface area contributed by atoms with Crippen LogP contribution in [0.2, 0.25) is 0 Å². The Bertz CT molecular complexity index is 740. The monoisotopic (exact) mass is 443 g/mol. The minimum Gasteiger partial charge on any atom is -0.493 e. The lowest BCUT2D eigenvalue weighted by molar-refractivity contribution is -0.118. The van der Waals surface area contributed by atoms with Gasteiger partial charge < -0.3 is 25.0 Å². The molecule has 0 unspecified atom stereocenters. The van der Waals surface area contributed by atoms with E-state index in [1.165, 1.54) is 0 Å². The number of aryl methyl sites for hydroxylation is 1. The first kappa shape index (κ1) is 27.0.